The number of oxazole rings is 1. The number of nitriles is 1. The van der Waals surface area contributed by atoms with Gasteiger partial charge in [0.25, 0.3) is 5.82 Å². The Bertz CT molecular complexity index is 735. The molecule has 0 atom stereocenters. The van der Waals surface area contributed by atoms with Gasteiger partial charge in [-0.3, -0.25) is 0 Å². The van der Waals surface area contributed by atoms with Crippen LogP contribution in [-0.2, 0) is 0 Å². The van der Waals surface area contributed by atoms with Gasteiger partial charge in [0.2, 0.25) is 0 Å². The fraction of sp³-hybridized carbons (Fsp3) is 0. The maximum absolute atomic E-state index is 8.62. The highest BCUT2D eigenvalue weighted by Crippen LogP contribution is 2.19. The second-order valence-electron chi connectivity index (χ2n) is 3.35. The second kappa shape index (κ2) is 3.31. The van der Waals surface area contributed by atoms with Gasteiger partial charge in [-0.15, -0.1) is 5.10 Å². The van der Waals surface area contributed by atoms with Gasteiger partial charge >= 0.3 is 6.01 Å². The van der Waals surface area contributed by atoms with E-state index in [1.165, 1.54) is 11.0 Å². The highest BCUT2D eigenvalue weighted by molar-refractivity contribution is 5.77. The Hall–Kier alpha value is -2.88. The van der Waals surface area contributed by atoms with Crippen molar-refractivity contribution in [2.45, 2.75) is 0 Å². The molecule has 0 aliphatic heterocycles. The maximum atomic E-state index is 8.62. The molecule has 0 fully saturated rings. The molecule has 3 aromatic rings. The first-order valence-electron chi connectivity index (χ1n) is 4.74. The van der Waals surface area contributed by atoms with Gasteiger partial charge in [0.1, 0.15) is 17.9 Å². The van der Waals surface area contributed by atoms with E-state index in [0.29, 0.717) is 16.8 Å². The minimum Gasteiger partial charge on any atom is -0.422 e. The van der Waals surface area contributed by atoms with Crippen molar-refractivity contribution in [3.8, 4) is 12.1 Å². The standard InChI is InChI=1S/C10H6N6O/c11-4-9-13-5-16(15-9)10-14-7-3-6(12)1-2-8(7)17-10/h1-3,5H,12H2. The van der Waals surface area contributed by atoms with E-state index < -0.39 is 0 Å². The predicted molar refractivity (Wildman–Crippen MR) is 58.1 cm³/mol. The van der Waals surface area contributed by atoms with Crippen LogP contribution in [0.2, 0.25) is 0 Å². The van der Waals surface area contributed by atoms with Crippen molar-refractivity contribution in [2.24, 2.45) is 0 Å². The third-order valence-electron chi connectivity index (χ3n) is 2.19. The first-order valence-corrected chi connectivity index (χ1v) is 4.74. The summed E-state index contributed by atoms with van der Waals surface area (Å²) in [7, 11) is 0. The summed E-state index contributed by atoms with van der Waals surface area (Å²) < 4.78 is 6.75. The lowest BCUT2D eigenvalue weighted by Crippen LogP contribution is -1.94. The Morgan fingerprint density at radius 2 is 2.29 bits per heavy atom. The first-order chi connectivity index (χ1) is 8.26. The monoisotopic (exact) mass is 226 g/mol. The van der Waals surface area contributed by atoms with E-state index >= 15 is 0 Å². The molecule has 0 unspecified atom stereocenters. The molecule has 17 heavy (non-hydrogen) atoms. The summed E-state index contributed by atoms with van der Waals surface area (Å²) >= 11 is 0. The lowest BCUT2D eigenvalue weighted by atomic mass is 10.3. The Morgan fingerprint density at radius 1 is 1.41 bits per heavy atom. The summed E-state index contributed by atoms with van der Waals surface area (Å²) in [6.07, 6.45) is 1.37. The number of rotatable bonds is 1. The minimum atomic E-state index is 0.0618. The summed E-state index contributed by atoms with van der Waals surface area (Å²) in [6, 6.07) is 7.22. The minimum absolute atomic E-state index is 0.0618. The van der Waals surface area contributed by atoms with Crippen LogP contribution < -0.4 is 5.73 Å². The molecule has 0 spiro atoms. The van der Waals surface area contributed by atoms with Crippen LogP contribution in [0.1, 0.15) is 5.82 Å². The molecule has 0 bridgehead atoms. The number of aromatic nitrogens is 4. The predicted octanol–water partition coefficient (Wildman–Crippen LogP) is 0.862. The number of nitrogens with two attached hydrogens (primary N) is 1. The van der Waals surface area contributed by atoms with Crippen LogP contribution >= 0.6 is 0 Å². The van der Waals surface area contributed by atoms with E-state index in [1.807, 2.05) is 6.07 Å². The van der Waals surface area contributed by atoms with Gasteiger partial charge < -0.3 is 10.2 Å². The van der Waals surface area contributed by atoms with E-state index in [2.05, 4.69) is 15.1 Å². The van der Waals surface area contributed by atoms with E-state index in [-0.39, 0.29) is 11.8 Å². The van der Waals surface area contributed by atoms with Crippen molar-refractivity contribution in [3.05, 3.63) is 30.4 Å². The number of benzene rings is 1. The van der Waals surface area contributed by atoms with Crippen LogP contribution in [0.25, 0.3) is 17.1 Å². The molecule has 3 rings (SSSR count). The molecule has 0 amide bonds. The summed E-state index contributed by atoms with van der Waals surface area (Å²) in [5, 5.41) is 12.5. The number of fused-ring (bicyclic) bond motifs is 1. The van der Waals surface area contributed by atoms with E-state index in [0.717, 1.165) is 0 Å². The second-order valence-corrected chi connectivity index (χ2v) is 3.35. The van der Waals surface area contributed by atoms with Gasteiger partial charge in [-0.1, -0.05) is 0 Å². The Balaban J connectivity index is 2.15. The molecular weight excluding hydrogens is 220 g/mol. The van der Waals surface area contributed by atoms with E-state index in [1.54, 1.807) is 18.2 Å². The lowest BCUT2D eigenvalue weighted by Gasteiger charge is -1.88. The molecule has 0 saturated carbocycles. The molecule has 0 radical (unpaired) electrons. The van der Waals surface area contributed by atoms with Crippen LogP contribution in [0.15, 0.2) is 28.9 Å². The smallest absolute Gasteiger partial charge is 0.325 e. The molecule has 2 aromatic heterocycles. The Morgan fingerprint density at radius 3 is 3.06 bits per heavy atom. The Kier molecular flexibility index (Phi) is 1.82. The van der Waals surface area contributed by atoms with Crippen molar-refractivity contribution >= 4 is 16.8 Å². The highest BCUT2D eigenvalue weighted by Gasteiger charge is 2.09. The highest BCUT2D eigenvalue weighted by atomic mass is 16.4. The molecule has 1 aromatic carbocycles. The molecule has 7 heteroatoms. The summed E-state index contributed by atoms with van der Waals surface area (Å²) in [4.78, 5) is 7.96. The van der Waals surface area contributed by atoms with Gasteiger partial charge in [-0.2, -0.15) is 14.9 Å². The third kappa shape index (κ3) is 1.48. The molecule has 7 nitrogen and oxygen atoms in total. The average Bonchev–Trinajstić information content (AvgIpc) is 2.93. The van der Waals surface area contributed by atoms with Crippen LogP contribution in [-0.4, -0.2) is 19.7 Å². The zero-order valence-corrected chi connectivity index (χ0v) is 8.53. The number of anilines is 1. The summed E-state index contributed by atoms with van der Waals surface area (Å²) in [5.41, 5.74) is 7.48. The lowest BCUT2D eigenvalue weighted by molar-refractivity contribution is 0.542. The molecule has 0 aliphatic rings. The number of nitrogens with zero attached hydrogens (tertiary/aromatic N) is 5. The van der Waals surface area contributed by atoms with Crippen LogP contribution in [0.4, 0.5) is 5.69 Å². The van der Waals surface area contributed by atoms with Crippen molar-refractivity contribution in [2.75, 3.05) is 5.73 Å². The fourth-order valence-corrected chi connectivity index (χ4v) is 1.44. The van der Waals surface area contributed by atoms with Crippen LogP contribution in [0, 0.1) is 11.3 Å². The molecule has 2 heterocycles. The SMILES string of the molecule is N#Cc1ncn(-c2nc3cc(N)ccc3o2)n1. The zero-order chi connectivity index (χ0) is 11.8. The number of hydrogen-bond acceptors (Lipinski definition) is 6. The van der Waals surface area contributed by atoms with Crippen LogP contribution in [0.5, 0.6) is 0 Å². The van der Waals surface area contributed by atoms with Gasteiger partial charge in [-0.25, -0.2) is 4.98 Å². The molecular formula is C10H6N6O. The van der Waals surface area contributed by atoms with Crippen molar-refractivity contribution in [3.63, 3.8) is 0 Å². The topological polar surface area (TPSA) is 107 Å². The average molecular weight is 226 g/mol. The number of nitrogen functional groups attached to an aromatic ring is 1. The van der Waals surface area contributed by atoms with Gasteiger partial charge in [0.15, 0.2) is 5.58 Å². The van der Waals surface area contributed by atoms with Crippen LogP contribution in [0.3, 0.4) is 0 Å². The quantitative estimate of drug-likeness (QED) is 0.617. The fourth-order valence-electron chi connectivity index (χ4n) is 1.44. The van der Waals surface area contributed by atoms with Gasteiger partial charge in [0.05, 0.1) is 0 Å². The van der Waals surface area contributed by atoms with Gasteiger partial charge in [-0.05, 0) is 18.2 Å². The number of hydrogen-bond donors (Lipinski definition) is 1. The van der Waals surface area contributed by atoms with Crippen molar-refractivity contribution in [1.82, 2.24) is 19.7 Å². The van der Waals surface area contributed by atoms with Gasteiger partial charge in [0, 0.05) is 5.69 Å². The molecule has 0 aliphatic carbocycles. The molecule has 2 N–H and O–H groups in total. The van der Waals surface area contributed by atoms with E-state index in [9.17, 15) is 0 Å². The third-order valence-corrected chi connectivity index (χ3v) is 2.19. The molecule has 0 saturated heterocycles. The normalized spacial score (nSPS) is 10.5. The zero-order valence-electron chi connectivity index (χ0n) is 8.53. The summed E-state index contributed by atoms with van der Waals surface area (Å²) in [6.45, 7) is 0. The first kappa shape index (κ1) is 9.35. The molecule has 82 valence electrons. The largest absolute Gasteiger partial charge is 0.422 e. The van der Waals surface area contributed by atoms with Crippen molar-refractivity contribution in [1.29, 1.82) is 5.26 Å². The summed E-state index contributed by atoms with van der Waals surface area (Å²) in [5.74, 6) is 0.0618. The van der Waals surface area contributed by atoms with Crippen molar-refractivity contribution < 1.29 is 4.42 Å². The maximum Gasteiger partial charge on any atom is 0.325 e. The Labute approximate surface area is 95.1 Å². The van der Waals surface area contributed by atoms with E-state index in [4.69, 9.17) is 15.4 Å².